The van der Waals surface area contributed by atoms with E-state index in [4.69, 9.17) is 10.2 Å². The van der Waals surface area contributed by atoms with E-state index in [9.17, 15) is 9.59 Å². The topological polar surface area (TPSA) is 88.6 Å². The van der Waals surface area contributed by atoms with Gasteiger partial charge in [0.15, 0.2) is 5.76 Å². The number of nitrogens with zero attached hydrogens (tertiary/aromatic N) is 1. The monoisotopic (exact) mass is 299 g/mol. The van der Waals surface area contributed by atoms with Crippen LogP contribution in [0, 0.1) is 5.92 Å². The number of hydrogen-bond acceptors (Lipinski definition) is 4. The maximum atomic E-state index is 12.4. The molecular formula is C16H17N3O3. The van der Waals surface area contributed by atoms with Crippen LogP contribution < -0.4 is 11.1 Å². The summed E-state index contributed by atoms with van der Waals surface area (Å²) in [4.78, 5) is 25.9. The first-order valence-electron chi connectivity index (χ1n) is 7.47. The molecule has 6 heteroatoms. The second-order valence-corrected chi connectivity index (χ2v) is 6.12. The Morgan fingerprint density at radius 2 is 2.14 bits per heavy atom. The molecule has 2 bridgehead atoms. The van der Waals surface area contributed by atoms with Crippen LogP contribution in [0.5, 0.6) is 0 Å². The number of amides is 2. The average Bonchev–Trinajstić information content (AvgIpc) is 3.20. The van der Waals surface area contributed by atoms with Crippen LogP contribution in [0.2, 0.25) is 0 Å². The molecule has 0 aliphatic carbocycles. The number of carbonyl (C=O) groups excluding carboxylic acids is 2. The molecule has 3 atom stereocenters. The predicted molar refractivity (Wildman–Crippen MR) is 80.5 cm³/mol. The highest BCUT2D eigenvalue weighted by molar-refractivity contribution is 6.00. The molecule has 1 aromatic carbocycles. The van der Waals surface area contributed by atoms with E-state index in [1.807, 2.05) is 0 Å². The molecule has 2 unspecified atom stereocenters. The number of primary amides is 1. The summed E-state index contributed by atoms with van der Waals surface area (Å²) in [6.45, 7) is 3.18. The third kappa shape index (κ3) is 2.16. The molecule has 2 amide bonds. The Labute approximate surface area is 127 Å². The Morgan fingerprint density at radius 1 is 1.27 bits per heavy atom. The molecule has 1 aromatic heterocycles. The van der Waals surface area contributed by atoms with Crippen molar-refractivity contribution in [3.05, 3.63) is 35.6 Å². The highest BCUT2D eigenvalue weighted by Gasteiger charge is 2.38. The fourth-order valence-electron chi connectivity index (χ4n) is 3.51. The van der Waals surface area contributed by atoms with Gasteiger partial charge in [-0.1, -0.05) is 0 Å². The van der Waals surface area contributed by atoms with Crippen molar-refractivity contribution in [2.24, 2.45) is 11.7 Å². The highest BCUT2D eigenvalue weighted by Crippen LogP contribution is 2.28. The number of carbonyl (C=O) groups is 2. The first-order chi connectivity index (χ1) is 10.6. The van der Waals surface area contributed by atoms with Crippen LogP contribution in [-0.2, 0) is 0 Å². The van der Waals surface area contributed by atoms with E-state index in [-0.39, 0.29) is 17.7 Å². The van der Waals surface area contributed by atoms with Crippen molar-refractivity contribution in [3.63, 3.8) is 0 Å². The number of fused-ring (bicyclic) bond motifs is 3. The van der Waals surface area contributed by atoms with Crippen molar-refractivity contribution in [1.82, 2.24) is 10.2 Å². The molecule has 2 aromatic rings. The molecule has 0 radical (unpaired) electrons. The standard InChI is InChI=1S/C16H17N3O3/c17-15(20)14-6-11-5-9(1-2-13(11)22-14)16(21)18-12-8-19-4-3-10(12)7-19/h1-2,5-6,10,12H,3-4,7-8H2,(H2,17,20)(H,18,21)/t10-,12?/m1/s1. The Bertz CT molecular complexity index is 767. The van der Waals surface area contributed by atoms with Crippen LogP contribution in [0.3, 0.4) is 0 Å². The normalized spacial score (nSPS) is 26.5. The minimum atomic E-state index is -0.613. The molecule has 6 nitrogen and oxygen atoms in total. The lowest BCUT2D eigenvalue weighted by molar-refractivity contribution is 0.0923. The second kappa shape index (κ2) is 4.84. The van der Waals surface area contributed by atoms with Crippen molar-refractivity contribution in [2.75, 3.05) is 19.6 Å². The van der Waals surface area contributed by atoms with Crippen molar-refractivity contribution >= 4 is 22.8 Å². The summed E-state index contributed by atoms with van der Waals surface area (Å²) >= 11 is 0. The van der Waals surface area contributed by atoms with Crippen LogP contribution in [0.15, 0.2) is 28.7 Å². The number of hydrogen-bond donors (Lipinski definition) is 2. The van der Waals surface area contributed by atoms with Crippen LogP contribution in [0.1, 0.15) is 27.3 Å². The van der Waals surface area contributed by atoms with Crippen LogP contribution in [-0.4, -0.2) is 42.4 Å². The van der Waals surface area contributed by atoms with Crippen LogP contribution in [0.25, 0.3) is 11.0 Å². The summed E-state index contributed by atoms with van der Waals surface area (Å²) in [5.74, 6) is -0.0164. The molecular weight excluding hydrogens is 282 g/mol. The summed E-state index contributed by atoms with van der Waals surface area (Å²) < 4.78 is 5.32. The fourth-order valence-corrected chi connectivity index (χ4v) is 3.51. The Morgan fingerprint density at radius 3 is 2.82 bits per heavy atom. The van der Waals surface area contributed by atoms with Crippen LogP contribution >= 0.6 is 0 Å². The quantitative estimate of drug-likeness (QED) is 0.883. The largest absolute Gasteiger partial charge is 0.451 e. The van der Waals surface area contributed by atoms with Crippen LogP contribution in [0.4, 0.5) is 0 Å². The first-order valence-corrected chi connectivity index (χ1v) is 7.47. The van der Waals surface area contributed by atoms with Crippen molar-refractivity contribution in [2.45, 2.75) is 12.5 Å². The zero-order chi connectivity index (χ0) is 15.3. The van der Waals surface area contributed by atoms with Gasteiger partial charge in [-0.3, -0.25) is 9.59 Å². The van der Waals surface area contributed by atoms with Gasteiger partial charge in [0.2, 0.25) is 0 Å². The third-order valence-electron chi connectivity index (χ3n) is 4.67. The van der Waals surface area contributed by atoms with Crippen molar-refractivity contribution < 1.29 is 14.0 Å². The minimum Gasteiger partial charge on any atom is -0.451 e. The molecule has 2 saturated heterocycles. The Hall–Kier alpha value is -2.34. The van der Waals surface area contributed by atoms with E-state index in [0.717, 1.165) is 26.1 Å². The van der Waals surface area contributed by atoms with E-state index in [1.54, 1.807) is 24.3 Å². The van der Waals surface area contributed by atoms with E-state index in [0.29, 0.717) is 22.5 Å². The Kier molecular flexibility index (Phi) is 2.94. The number of nitrogens with one attached hydrogen (secondary N) is 1. The van der Waals surface area contributed by atoms with Gasteiger partial charge in [0.25, 0.3) is 11.8 Å². The van der Waals surface area contributed by atoms with Gasteiger partial charge >= 0.3 is 0 Å². The number of nitrogens with two attached hydrogens (primary N) is 1. The van der Waals surface area contributed by atoms with Gasteiger partial charge in [0.05, 0.1) is 0 Å². The highest BCUT2D eigenvalue weighted by atomic mass is 16.3. The summed E-state index contributed by atoms with van der Waals surface area (Å²) in [7, 11) is 0. The van der Waals surface area contributed by atoms with Crippen molar-refractivity contribution in [1.29, 1.82) is 0 Å². The van der Waals surface area contributed by atoms with E-state index < -0.39 is 5.91 Å². The average molecular weight is 299 g/mol. The summed E-state index contributed by atoms with van der Waals surface area (Å²) in [6.07, 6.45) is 1.16. The molecule has 3 heterocycles. The summed E-state index contributed by atoms with van der Waals surface area (Å²) in [6, 6.07) is 6.94. The summed E-state index contributed by atoms with van der Waals surface area (Å²) in [5, 5.41) is 3.82. The molecule has 22 heavy (non-hydrogen) atoms. The lowest BCUT2D eigenvalue weighted by Gasteiger charge is -2.23. The lowest BCUT2D eigenvalue weighted by Crippen LogP contribution is -2.43. The zero-order valence-electron chi connectivity index (χ0n) is 12.0. The second-order valence-electron chi connectivity index (χ2n) is 6.12. The number of furan rings is 1. The van der Waals surface area contributed by atoms with Gasteiger partial charge in [0.1, 0.15) is 5.58 Å². The molecule has 2 aliphatic rings. The Balaban J connectivity index is 1.55. The summed E-state index contributed by atoms with van der Waals surface area (Å²) in [5.41, 5.74) is 6.33. The van der Waals surface area contributed by atoms with Gasteiger partial charge < -0.3 is 20.4 Å². The number of rotatable bonds is 3. The van der Waals surface area contributed by atoms with Crippen molar-refractivity contribution in [3.8, 4) is 0 Å². The zero-order valence-corrected chi connectivity index (χ0v) is 12.0. The minimum absolute atomic E-state index is 0.0810. The number of piperidine rings is 1. The molecule has 4 rings (SSSR count). The first kappa shape index (κ1) is 13.3. The predicted octanol–water partition coefficient (Wildman–Crippen LogP) is 0.966. The van der Waals surface area contributed by atoms with E-state index in [2.05, 4.69) is 10.2 Å². The smallest absolute Gasteiger partial charge is 0.284 e. The fraction of sp³-hybridized carbons (Fsp3) is 0.375. The maximum absolute atomic E-state index is 12.4. The van der Waals surface area contributed by atoms with Gasteiger partial charge in [0, 0.05) is 30.1 Å². The molecule has 2 fully saturated rings. The molecule has 3 N–H and O–H groups in total. The molecule has 2 aliphatic heterocycles. The van der Waals surface area contributed by atoms with E-state index in [1.165, 1.54) is 0 Å². The third-order valence-corrected chi connectivity index (χ3v) is 4.67. The number of benzene rings is 1. The SMILES string of the molecule is NC(=O)c1cc2cc(C(=O)NC3CN4CC[C@@H]3C4)ccc2o1. The van der Waals surface area contributed by atoms with Gasteiger partial charge in [-0.25, -0.2) is 0 Å². The van der Waals surface area contributed by atoms with E-state index >= 15 is 0 Å². The molecule has 114 valence electrons. The molecule has 0 spiro atoms. The van der Waals surface area contributed by atoms with Gasteiger partial charge in [-0.05, 0) is 43.1 Å². The molecule has 0 saturated carbocycles. The lowest BCUT2D eigenvalue weighted by atomic mass is 9.99. The van der Waals surface area contributed by atoms with Gasteiger partial charge in [-0.15, -0.1) is 0 Å². The maximum Gasteiger partial charge on any atom is 0.284 e. The van der Waals surface area contributed by atoms with Gasteiger partial charge in [-0.2, -0.15) is 0 Å².